The van der Waals surface area contributed by atoms with E-state index in [9.17, 15) is 9.90 Å². The number of hydrogen-bond donors (Lipinski definition) is 1. The Morgan fingerprint density at radius 2 is 2.12 bits per heavy atom. The third-order valence-electron chi connectivity index (χ3n) is 7.19. The van der Waals surface area contributed by atoms with Gasteiger partial charge in [0.05, 0.1) is 0 Å². The van der Waals surface area contributed by atoms with Crippen molar-refractivity contribution < 1.29 is 14.6 Å². The zero-order valence-electron chi connectivity index (χ0n) is 14.8. The molecule has 0 unspecified atom stereocenters. The summed E-state index contributed by atoms with van der Waals surface area (Å²) in [5.74, 6) is 2.32. The smallest absolute Gasteiger partial charge is 0.305 e. The summed E-state index contributed by atoms with van der Waals surface area (Å²) < 4.78 is 5.83. The average molecular weight is 328 g/mol. The summed E-state index contributed by atoms with van der Waals surface area (Å²) in [4.78, 5) is 11.8. The Labute approximate surface area is 144 Å². The maximum Gasteiger partial charge on any atom is 0.305 e. The molecule has 0 amide bonds. The number of ether oxygens (including phenoxy) is 1. The maximum absolute atomic E-state index is 11.8. The number of esters is 1. The second kappa shape index (κ2) is 5.79. The molecule has 0 saturated heterocycles. The van der Waals surface area contributed by atoms with E-state index in [1.807, 2.05) is 19.1 Å². The minimum absolute atomic E-state index is 0.0477. The minimum atomic E-state index is -0.0477. The van der Waals surface area contributed by atoms with E-state index in [1.165, 1.54) is 30.4 Å². The fourth-order valence-corrected chi connectivity index (χ4v) is 5.96. The standard InChI is InChI=1S/C21H28O3/c1-3-20(23)24-19-9-8-18-17-6-4-13-12-14(22)5-7-15(13)16(17)10-11-21(18,19)2/h5,7,12,16-19,22H,3-4,6,8-11H2,1-2H3/t16-,17+,18+,19-,21+/m1/s1. The van der Waals surface area contributed by atoms with Crippen LogP contribution < -0.4 is 0 Å². The van der Waals surface area contributed by atoms with Crippen molar-refractivity contribution in [3.05, 3.63) is 29.3 Å². The number of phenols is 1. The molecule has 130 valence electrons. The summed E-state index contributed by atoms with van der Waals surface area (Å²) in [7, 11) is 0. The monoisotopic (exact) mass is 328 g/mol. The van der Waals surface area contributed by atoms with Gasteiger partial charge in [0.1, 0.15) is 11.9 Å². The van der Waals surface area contributed by atoms with Crippen molar-refractivity contribution >= 4 is 5.97 Å². The number of aryl methyl sites for hydroxylation is 1. The fourth-order valence-electron chi connectivity index (χ4n) is 5.96. The molecule has 0 spiro atoms. The van der Waals surface area contributed by atoms with Gasteiger partial charge >= 0.3 is 5.97 Å². The summed E-state index contributed by atoms with van der Waals surface area (Å²) >= 11 is 0. The van der Waals surface area contributed by atoms with Crippen LogP contribution in [0.4, 0.5) is 0 Å². The van der Waals surface area contributed by atoms with E-state index in [1.54, 1.807) is 0 Å². The third-order valence-corrected chi connectivity index (χ3v) is 7.19. The van der Waals surface area contributed by atoms with E-state index >= 15 is 0 Å². The average Bonchev–Trinajstić information content (AvgIpc) is 2.90. The Kier molecular flexibility index (Phi) is 3.85. The first kappa shape index (κ1) is 16.0. The molecule has 4 rings (SSSR count). The number of carbonyl (C=O) groups is 1. The van der Waals surface area contributed by atoms with Crippen LogP contribution in [0.5, 0.6) is 5.75 Å². The number of rotatable bonds is 2. The Bertz CT molecular complexity index is 652. The molecule has 24 heavy (non-hydrogen) atoms. The molecule has 3 nitrogen and oxygen atoms in total. The summed E-state index contributed by atoms with van der Waals surface area (Å²) in [6.45, 7) is 4.24. The SMILES string of the molecule is CCC(=O)O[C@@H]1CC[C@H]2[C@H]3CCc4cc(O)ccc4[C@H]3CC[C@]12C. The Hall–Kier alpha value is -1.51. The Morgan fingerprint density at radius 1 is 1.29 bits per heavy atom. The van der Waals surface area contributed by atoms with Gasteiger partial charge in [-0.1, -0.05) is 19.9 Å². The van der Waals surface area contributed by atoms with Gasteiger partial charge in [-0.25, -0.2) is 0 Å². The second-order valence-electron chi connectivity index (χ2n) is 8.25. The predicted octanol–water partition coefficient (Wildman–Crippen LogP) is 4.57. The van der Waals surface area contributed by atoms with Gasteiger partial charge in [-0.05, 0) is 79.5 Å². The molecule has 0 bridgehead atoms. The van der Waals surface area contributed by atoms with Crippen molar-refractivity contribution in [3.63, 3.8) is 0 Å². The lowest BCUT2D eigenvalue weighted by atomic mass is 9.55. The van der Waals surface area contributed by atoms with Crippen molar-refractivity contribution in [1.29, 1.82) is 0 Å². The summed E-state index contributed by atoms with van der Waals surface area (Å²) in [5, 5.41) is 9.77. The lowest BCUT2D eigenvalue weighted by Crippen LogP contribution is -2.45. The normalized spacial score (nSPS) is 37.2. The van der Waals surface area contributed by atoms with E-state index in [4.69, 9.17) is 4.74 Å². The van der Waals surface area contributed by atoms with Gasteiger partial charge in [0.25, 0.3) is 0 Å². The number of phenolic OH excluding ortho intramolecular Hbond substituents is 1. The summed E-state index contributed by atoms with van der Waals surface area (Å²) in [5.41, 5.74) is 2.95. The predicted molar refractivity (Wildman–Crippen MR) is 92.9 cm³/mol. The molecule has 5 atom stereocenters. The van der Waals surface area contributed by atoms with Gasteiger partial charge in [0, 0.05) is 11.8 Å². The lowest BCUT2D eigenvalue weighted by Gasteiger charge is -2.50. The highest BCUT2D eigenvalue weighted by Gasteiger charge is 2.56. The van der Waals surface area contributed by atoms with Crippen molar-refractivity contribution in [3.8, 4) is 5.75 Å². The van der Waals surface area contributed by atoms with Crippen LogP contribution in [0.15, 0.2) is 18.2 Å². The molecule has 0 radical (unpaired) electrons. The molecular weight excluding hydrogens is 300 g/mol. The number of fused-ring (bicyclic) bond motifs is 5. The molecule has 3 aliphatic carbocycles. The first-order valence-electron chi connectivity index (χ1n) is 9.54. The molecular formula is C21H28O3. The molecule has 1 aromatic rings. The lowest BCUT2D eigenvalue weighted by molar-refractivity contribution is -0.157. The fraction of sp³-hybridized carbons (Fsp3) is 0.667. The van der Waals surface area contributed by atoms with Gasteiger partial charge in [0.15, 0.2) is 0 Å². The molecule has 0 aromatic heterocycles. The van der Waals surface area contributed by atoms with E-state index in [2.05, 4.69) is 13.0 Å². The number of aromatic hydroxyl groups is 1. The number of carbonyl (C=O) groups excluding carboxylic acids is 1. The quantitative estimate of drug-likeness (QED) is 0.809. The number of benzene rings is 1. The molecule has 3 heteroatoms. The van der Waals surface area contributed by atoms with Crippen LogP contribution in [0.3, 0.4) is 0 Å². The maximum atomic E-state index is 11.8. The van der Waals surface area contributed by atoms with Gasteiger partial charge < -0.3 is 9.84 Å². The van der Waals surface area contributed by atoms with E-state index < -0.39 is 0 Å². The van der Waals surface area contributed by atoms with Crippen molar-refractivity contribution in [2.75, 3.05) is 0 Å². The molecule has 3 aliphatic rings. The zero-order chi connectivity index (χ0) is 16.9. The molecule has 1 aromatic carbocycles. The zero-order valence-corrected chi connectivity index (χ0v) is 14.8. The van der Waals surface area contributed by atoms with Crippen LogP contribution in [0.1, 0.15) is 69.4 Å². The van der Waals surface area contributed by atoms with Crippen molar-refractivity contribution in [2.45, 2.75) is 70.8 Å². The van der Waals surface area contributed by atoms with Crippen LogP contribution in [0.2, 0.25) is 0 Å². The summed E-state index contributed by atoms with van der Waals surface area (Å²) in [6.07, 6.45) is 7.38. The highest BCUT2D eigenvalue weighted by molar-refractivity contribution is 5.69. The highest BCUT2D eigenvalue weighted by atomic mass is 16.5. The first-order chi connectivity index (χ1) is 11.5. The molecule has 0 aliphatic heterocycles. The number of hydrogen-bond acceptors (Lipinski definition) is 3. The van der Waals surface area contributed by atoms with Gasteiger partial charge in [-0.3, -0.25) is 4.79 Å². The Morgan fingerprint density at radius 3 is 2.92 bits per heavy atom. The van der Waals surface area contributed by atoms with E-state index in [0.29, 0.717) is 29.9 Å². The summed E-state index contributed by atoms with van der Waals surface area (Å²) in [6, 6.07) is 5.95. The molecule has 2 fully saturated rings. The van der Waals surface area contributed by atoms with Crippen LogP contribution in [0.25, 0.3) is 0 Å². The van der Waals surface area contributed by atoms with Crippen molar-refractivity contribution in [1.82, 2.24) is 0 Å². The molecule has 0 heterocycles. The second-order valence-corrected chi connectivity index (χ2v) is 8.25. The molecule has 2 saturated carbocycles. The topological polar surface area (TPSA) is 46.5 Å². The third kappa shape index (κ3) is 2.35. The van der Waals surface area contributed by atoms with Crippen LogP contribution in [0, 0.1) is 17.3 Å². The molecule has 1 N–H and O–H groups in total. The van der Waals surface area contributed by atoms with Crippen molar-refractivity contribution in [2.24, 2.45) is 17.3 Å². The van der Waals surface area contributed by atoms with Gasteiger partial charge in [-0.2, -0.15) is 0 Å². The highest BCUT2D eigenvalue weighted by Crippen LogP contribution is 2.61. The van der Waals surface area contributed by atoms with Crippen LogP contribution >= 0.6 is 0 Å². The van der Waals surface area contributed by atoms with E-state index in [-0.39, 0.29) is 17.5 Å². The minimum Gasteiger partial charge on any atom is -0.508 e. The van der Waals surface area contributed by atoms with Crippen LogP contribution in [-0.4, -0.2) is 17.2 Å². The van der Waals surface area contributed by atoms with Crippen LogP contribution in [-0.2, 0) is 16.0 Å². The first-order valence-corrected chi connectivity index (χ1v) is 9.54. The Balaban J connectivity index is 1.60. The van der Waals surface area contributed by atoms with Gasteiger partial charge in [0.2, 0.25) is 0 Å². The van der Waals surface area contributed by atoms with E-state index in [0.717, 1.165) is 19.3 Å². The van der Waals surface area contributed by atoms with Gasteiger partial charge in [-0.15, -0.1) is 0 Å². The largest absolute Gasteiger partial charge is 0.508 e.